The number of rotatable bonds is 3. The van der Waals surface area contributed by atoms with E-state index in [0.717, 1.165) is 65.9 Å². The predicted octanol–water partition coefficient (Wildman–Crippen LogP) is 3.11. The monoisotopic (exact) mass is 504 g/mol. The number of piperazine rings is 1. The minimum atomic E-state index is -0.416. The van der Waals surface area contributed by atoms with Crippen LogP contribution in [0.4, 0.5) is 5.82 Å². The number of piperidine rings is 1. The Morgan fingerprint density at radius 2 is 1.74 bits per heavy atom. The van der Waals surface area contributed by atoms with Crippen LogP contribution in [0.25, 0.3) is 11.0 Å². The fourth-order valence-electron chi connectivity index (χ4n) is 4.81. The van der Waals surface area contributed by atoms with E-state index in [1.54, 1.807) is 6.33 Å². The molecule has 9 heteroatoms. The van der Waals surface area contributed by atoms with Crippen LogP contribution in [-0.2, 0) is 10.2 Å². The van der Waals surface area contributed by atoms with E-state index in [4.69, 9.17) is 0 Å². The zero-order chi connectivity index (χ0) is 20.6. The van der Waals surface area contributed by atoms with Crippen molar-refractivity contribution < 1.29 is 4.79 Å². The van der Waals surface area contributed by atoms with Crippen LogP contribution in [0.1, 0.15) is 18.4 Å². The predicted molar refractivity (Wildman–Crippen MR) is 128 cm³/mol. The molecule has 4 heterocycles. The fourth-order valence-corrected chi connectivity index (χ4v) is 5.29. The highest BCUT2D eigenvalue weighted by atomic mass is 79.9. The van der Waals surface area contributed by atoms with Crippen molar-refractivity contribution in [3.63, 3.8) is 0 Å². The topological polar surface area (TPSA) is 77.2 Å². The van der Waals surface area contributed by atoms with Crippen LogP contribution in [0.15, 0.2) is 47.3 Å². The molecule has 2 N–H and O–H groups in total. The van der Waals surface area contributed by atoms with Crippen molar-refractivity contribution in [2.45, 2.75) is 18.3 Å². The molecular weight excluding hydrogens is 480 g/mol. The molecule has 0 saturated carbocycles. The number of carbonyl (C=O) groups excluding carboxylic acids is 1. The number of H-pyrrole nitrogens is 1. The molecule has 164 valence electrons. The van der Waals surface area contributed by atoms with Crippen LogP contribution in [-0.4, -0.2) is 65.0 Å². The van der Waals surface area contributed by atoms with Gasteiger partial charge < -0.3 is 20.1 Å². The van der Waals surface area contributed by atoms with Gasteiger partial charge in [-0.2, -0.15) is 0 Å². The molecule has 0 unspecified atom stereocenters. The molecule has 2 aliphatic rings. The number of hydrogen-bond acceptors (Lipinski definition) is 5. The van der Waals surface area contributed by atoms with E-state index in [-0.39, 0.29) is 18.3 Å². The number of nitrogens with one attached hydrogen (secondary N) is 2. The molecule has 5 rings (SSSR count). The van der Waals surface area contributed by atoms with Gasteiger partial charge in [0.1, 0.15) is 17.8 Å². The van der Waals surface area contributed by atoms with Crippen molar-refractivity contribution in [3.8, 4) is 0 Å². The van der Waals surface area contributed by atoms with Crippen LogP contribution in [0.3, 0.4) is 0 Å². The number of nitrogens with zero attached hydrogens (tertiary/aromatic N) is 4. The first-order chi connectivity index (χ1) is 14.7. The highest BCUT2D eigenvalue weighted by Crippen LogP contribution is 2.36. The van der Waals surface area contributed by atoms with Crippen molar-refractivity contribution >= 4 is 51.1 Å². The highest BCUT2D eigenvalue weighted by Gasteiger charge is 2.44. The molecule has 1 aromatic carbocycles. The van der Waals surface area contributed by atoms with Crippen LogP contribution >= 0.6 is 28.3 Å². The lowest BCUT2D eigenvalue weighted by Crippen LogP contribution is -2.57. The Hall–Kier alpha value is -2.16. The van der Waals surface area contributed by atoms with E-state index < -0.39 is 5.41 Å². The number of benzene rings is 1. The number of halogens is 2. The molecule has 2 fully saturated rings. The maximum atomic E-state index is 13.8. The molecule has 0 radical (unpaired) electrons. The summed E-state index contributed by atoms with van der Waals surface area (Å²) >= 11 is 3.60. The lowest BCUT2D eigenvalue weighted by atomic mass is 9.72. The molecule has 31 heavy (non-hydrogen) atoms. The molecule has 0 atom stereocenters. The second-order valence-electron chi connectivity index (χ2n) is 8.03. The number of fused-ring (bicyclic) bond motifs is 1. The highest BCUT2D eigenvalue weighted by molar-refractivity contribution is 9.10. The van der Waals surface area contributed by atoms with Crippen LogP contribution in [0.5, 0.6) is 0 Å². The first-order valence-corrected chi connectivity index (χ1v) is 11.3. The molecule has 0 spiro atoms. The van der Waals surface area contributed by atoms with Gasteiger partial charge in [0.25, 0.3) is 0 Å². The molecule has 2 aliphatic heterocycles. The lowest BCUT2D eigenvalue weighted by molar-refractivity contribution is -0.139. The lowest BCUT2D eigenvalue weighted by Gasteiger charge is -2.43. The molecule has 2 aromatic heterocycles. The van der Waals surface area contributed by atoms with E-state index in [1.165, 1.54) is 0 Å². The number of anilines is 1. The summed E-state index contributed by atoms with van der Waals surface area (Å²) in [7, 11) is 0. The Balaban J connectivity index is 0.00000231. The molecule has 1 amide bonds. The average molecular weight is 506 g/mol. The number of aromatic amines is 1. The van der Waals surface area contributed by atoms with Crippen LogP contribution < -0.4 is 10.2 Å². The summed E-state index contributed by atoms with van der Waals surface area (Å²) in [4.78, 5) is 30.1. The number of amides is 1. The minimum absolute atomic E-state index is 0. The van der Waals surface area contributed by atoms with Gasteiger partial charge in [0.15, 0.2) is 0 Å². The smallest absolute Gasteiger partial charge is 0.233 e. The van der Waals surface area contributed by atoms with Gasteiger partial charge in [0.2, 0.25) is 5.91 Å². The Morgan fingerprint density at radius 1 is 1.03 bits per heavy atom. The Labute approximate surface area is 196 Å². The standard InChI is InChI=1S/C22H25BrN6O.ClH/c23-17-14-25-19-18(17)20(27-15-26-19)28-10-12-29(13-11-28)21(30)22(6-8-24-9-7-22)16-4-2-1-3-5-16;/h1-5,14-15,24H,6-13H2,(H,25,26,27);1H. The third kappa shape index (κ3) is 3.92. The maximum Gasteiger partial charge on any atom is 0.233 e. The summed E-state index contributed by atoms with van der Waals surface area (Å²) in [5, 5.41) is 4.41. The van der Waals surface area contributed by atoms with Crippen molar-refractivity contribution in [2.75, 3.05) is 44.2 Å². The fraction of sp³-hybridized carbons (Fsp3) is 0.409. The second-order valence-corrected chi connectivity index (χ2v) is 8.89. The Kier molecular flexibility index (Phi) is 6.50. The quantitative estimate of drug-likeness (QED) is 0.572. The molecule has 0 aliphatic carbocycles. The summed E-state index contributed by atoms with van der Waals surface area (Å²) in [5.41, 5.74) is 1.55. The van der Waals surface area contributed by atoms with Gasteiger partial charge in [0, 0.05) is 36.8 Å². The van der Waals surface area contributed by atoms with Crippen molar-refractivity contribution in [1.29, 1.82) is 0 Å². The summed E-state index contributed by atoms with van der Waals surface area (Å²) in [6, 6.07) is 10.3. The van der Waals surface area contributed by atoms with Crippen molar-refractivity contribution in [3.05, 3.63) is 52.9 Å². The summed E-state index contributed by atoms with van der Waals surface area (Å²) in [6.07, 6.45) is 5.18. The molecule has 2 saturated heterocycles. The zero-order valence-corrected chi connectivity index (χ0v) is 19.6. The summed E-state index contributed by atoms with van der Waals surface area (Å²) in [6.45, 7) is 4.68. The minimum Gasteiger partial charge on any atom is -0.352 e. The third-order valence-electron chi connectivity index (χ3n) is 6.46. The normalized spacial score (nSPS) is 18.6. The van der Waals surface area contributed by atoms with E-state index in [2.05, 4.69) is 58.1 Å². The van der Waals surface area contributed by atoms with E-state index in [0.29, 0.717) is 13.1 Å². The molecule has 0 bridgehead atoms. The Bertz CT molecular complexity index is 1040. The maximum absolute atomic E-state index is 13.8. The van der Waals surface area contributed by atoms with Gasteiger partial charge in [0.05, 0.1) is 10.8 Å². The van der Waals surface area contributed by atoms with Gasteiger partial charge in [-0.3, -0.25) is 4.79 Å². The van der Waals surface area contributed by atoms with Gasteiger partial charge >= 0.3 is 0 Å². The summed E-state index contributed by atoms with van der Waals surface area (Å²) in [5.74, 6) is 1.19. The number of aromatic nitrogens is 3. The second kappa shape index (κ2) is 9.14. The van der Waals surface area contributed by atoms with Gasteiger partial charge in [-0.15, -0.1) is 12.4 Å². The Morgan fingerprint density at radius 3 is 2.45 bits per heavy atom. The first kappa shape index (κ1) is 22.0. The molecular formula is C22H26BrClN6O. The molecule has 3 aromatic rings. The third-order valence-corrected chi connectivity index (χ3v) is 7.09. The largest absolute Gasteiger partial charge is 0.352 e. The van der Waals surface area contributed by atoms with E-state index in [1.807, 2.05) is 24.4 Å². The van der Waals surface area contributed by atoms with E-state index in [9.17, 15) is 4.79 Å². The van der Waals surface area contributed by atoms with Crippen molar-refractivity contribution in [1.82, 2.24) is 25.2 Å². The van der Waals surface area contributed by atoms with E-state index >= 15 is 0 Å². The average Bonchev–Trinajstić information content (AvgIpc) is 3.21. The van der Waals surface area contributed by atoms with Crippen LogP contribution in [0, 0.1) is 0 Å². The first-order valence-electron chi connectivity index (χ1n) is 10.5. The number of hydrogen-bond donors (Lipinski definition) is 2. The van der Waals surface area contributed by atoms with Gasteiger partial charge in [-0.25, -0.2) is 9.97 Å². The van der Waals surface area contributed by atoms with Crippen LogP contribution in [0.2, 0.25) is 0 Å². The summed E-state index contributed by atoms with van der Waals surface area (Å²) < 4.78 is 0.962. The van der Waals surface area contributed by atoms with Crippen molar-refractivity contribution in [2.24, 2.45) is 0 Å². The van der Waals surface area contributed by atoms with Gasteiger partial charge in [-0.05, 0) is 47.4 Å². The zero-order valence-electron chi connectivity index (χ0n) is 17.2. The molecule has 7 nitrogen and oxygen atoms in total. The SMILES string of the molecule is Cl.O=C(N1CCN(c2ncnc3[nH]cc(Br)c23)CC1)C1(c2ccccc2)CCNCC1. The van der Waals surface area contributed by atoms with Gasteiger partial charge in [-0.1, -0.05) is 30.3 Å². The number of carbonyl (C=O) groups is 1.